The van der Waals surface area contributed by atoms with Gasteiger partial charge in [-0.05, 0) is 35.9 Å². The van der Waals surface area contributed by atoms with E-state index in [2.05, 4.69) is 5.32 Å². The molecule has 0 aliphatic heterocycles. The summed E-state index contributed by atoms with van der Waals surface area (Å²) in [6.07, 6.45) is 0. The highest BCUT2D eigenvalue weighted by Crippen LogP contribution is 2.22. The molecule has 7 heteroatoms. The minimum absolute atomic E-state index is 0.0464. The number of hydrogen-bond acceptors (Lipinski definition) is 4. The Labute approximate surface area is 149 Å². The standard InChI is InChI=1S/C17H15Cl2NO4/c1-23-13-4-2-3-12(8-13)17(22)20-9-16(21)24-10-11-5-6-14(18)15(19)7-11/h2-8H,9-10H2,1H3,(H,20,22). The maximum absolute atomic E-state index is 12.0. The summed E-state index contributed by atoms with van der Waals surface area (Å²) in [5.41, 5.74) is 1.10. The molecule has 5 nitrogen and oxygen atoms in total. The lowest BCUT2D eigenvalue weighted by atomic mass is 10.2. The van der Waals surface area contributed by atoms with E-state index in [0.29, 0.717) is 26.9 Å². The molecule has 1 N–H and O–H groups in total. The molecule has 0 aromatic heterocycles. The second kappa shape index (κ2) is 8.57. The van der Waals surface area contributed by atoms with Crippen molar-refractivity contribution in [3.8, 4) is 5.75 Å². The second-order valence-electron chi connectivity index (χ2n) is 4.82. The summed E-state index contributed by atoms with van der Waals surface area (Å²) in [5.74, 6) is -0.387. The summed E-state index contributed by atoms with van der Waals surface area (Å²) < 4.78 is 10.1. The van der Waals surface area contributed by atoms with E-state index < -0.39 is 5.97 Å². The van der Waals surface area contributed by atoms with Crippen molar-refractivity contribution in [1.29, 1.82) is 0 Å². The molecule has 0 fully saturated rings. The Morgan fingerprint density at radius 2 is 1.88 bits per heavy atom. The molecule has 0 radical (unpaired) electrons. The fraction of sp³-hybridized carbons (Fsp3) is 0.176. The third-order valence-electron chi connectivity index (χ3n) is 3.11. The number of ether oxygens (including phenoxy) is 2. The summed E-state index contributed by atoms with van der Waals surface area (Å²) in [6, 6.07) is 11.6. The second-order valence-corrected chi connectivity index (χ2v) is 5.64. The van der Waals surface area contributed by atoms with Crippen LogP contribution in [0.1, 0.15) is 15.9 Å². The van der Waals surface area contributed by atoms with E-state index in [0.717, 1.165) is 0 Å². The van der Waals surface area contributed by atoms with Gasteiger partial charge in [0.05, 0.1) is 17.2 Å². The van der Waals surface area contributed by atoms with E-state index in [-0.39, 0.29) is 19.1 Å². The van der Waals surface area contributed by atoms with Gasteiger partial charge < -0.3 is 14.8 Å². The molecule has 0 unspecified atom stereocenters. The molecular weight excluding hydrogens is 353 g/mol. The Kier molecular flexibility index (Phi) is 6.46. The number of halogens is 2. The Bertz CT molecular complexity index is 749. The van der Waals surface area contributed by atoms with Gasteiger partial charge in [0.1, 0.15) is 18.9 Å². The number of benzene rings is 2. The minimum atomic E-state index is -0.558. The number of amides is 1. The first-order chi connectivity index (χ1) is 11.5. The van der Waals surface area contributed by atoms with Gasteiger partial charge in [-0.3, -0.25) is 9.59 Å². The molecule has 2 rings (SSSR count). The van der Waals surface area contributed by atoms with Gasteiger partial charge in [0.25, 0.3) is 5.91 Å². The Hall–Kier alpha value is -2.24. The van der Waals surface area contributed by atoms with E-state index in [1.54, 1.807) is 42.5 Å². The smallest absolute Gasteiger partial charge is 0.325 e. The highest BCUT2D eigenvalue weighted by molar-refractivity contribution is 6.42. The normalized spacial score (nSPS) is 10.1. The van der Waals surface area contributed by atoms with Gasteiger partial charge in [0, 0.05) is 5.56 Å². The number of hydrogen-bond donors (Lipinski definition) is 1. The molecular formula is C17H15Cl2NO4. The Morgan fingerprint density at radius 1 is 1.08 bits per heavy atom. The van der Waals surface area contributed by atoms with E-state index in [1.165, 1.54) is 7.11 Å². The molecule has 0 saturated heterocycles. The molecule has 0 saturated carbocycles. The molecule has 0 atom stereocenters. The van der Waals surface area contributed by atoms with Crippen LogP contribution in [0.3, 0.4) is 0 Å². The fourth-order valence-electron chi connectivity index (χ4n) is 1.86. The predicted molar refractivity (Wildman–Crippen MR) is 91.6 cm³/mol. The Morgan fingerprint density at radius 3 is 2.58 bits per heavy atom. The van der Waals surface area contributed by atoms with E-state index in [9.17, 15) is 9.59 Å². The molecule has 0 bridgehead atoms. The molecule has 24 heavy (non-hydrogen) atoms. The summed E-state index contributed by atoms with van der Waals surface area (Å²) in [4.78, 5) is 23.7. The topological polar surface area (TPSA) is 64.6 Å². The van der Waals surface area contributed by atoms with Crippen LogP contribution in [-0.2, 0) is 16.1 Å². The molecule has 126 valence electrons. The van der Waals surface area contributed by atoms with Crippen LogP contribution in [0, 0.1) is 0 Å². The molecule has 1 amide bonds. The van der Waals surface area contributed by atoms with Crippen molar-refractivity contribution in [3.05, 3.63) is 63.6 Å². The largest absolute Gasteiger partial charge is 0.497 e. The van der Waals surface area contributed by atoms with Crippen molar-refractivity contribution in [2.75, 3.05) is 13.7 Å². The molecule has 2 aromatic rings. The van der Waals surface area contributed by atoms with Crippen LogP contribution in [0.5, 0.6) is 5.75 Å². The lowest BCUT2D eigenvalue weighted by molar-refractivity contribution is -0.143. The minimum Gasteiger partial charge on any atom is -0.497 e. The van der Waals surface area contributed by atoms with Crippen molar-refractivity contribution in [2.24, 2.45) is 0 Å². The highest BCUT2D eigenvalue weighted by atomic mass is 35.5. The summed E-state index contributed by atoms with van der Waals surface area (Å²) in [5, 5.41) is 3.30. The van der Waals surface area contributed by atoms with E-state index in [1.807, 2.05) is 0 Å². The van der Waals surface area contributed by atoms with E-state index >= 15 is 0 Å². The maximum Gasteiger partial charge on any atom is 0.325 e. The molecule has 0 aliphatic rings. The van der Waals surface area contributed by atoms with Gasteiger partial charge in [0.2, 0.25) is 0 Å². The van der Waals surface area contributed by atoms with Gasteiger partial charge in [-0.25, -0.2) is 0 Å². The van der Waals surface area contributed by atoms with Gasteiger partial charge in [-0.15, -0.1) is 0 Å². The zero-order valence-electron chi connectivity index (χ0n) is 12.8. The van der Waals surface area contributed by atoms with Gasteiger partial charge in [-0.2, -0.15) is 0 Å². The molecule has 0 spiro atoms. The summed E-state index contributed by atoms with van der Waals surface area (Å²) in [6.45, 7) is -0.192. The first-order valence-corrected chi connectivity index (χ1v) is 7.77. The highest BCUT2D eigenvalue weighted by Gasteiger charge is 2.10. The average molecular weight is 368 g/mol. The number of carbonyl (C=O) groups excluding carboxylic acids is 2. The van der Waals surface area contributed by atoms with Crippen molar-refractivity contribution in [2.45, 2.75) is 6.61 Å². The predicted octanol–water partition coefficient (Wildman–Crippen LogP) is 3.48. The van der Waals surface area contributed by atoms with Gasteiger partial charge >= 0.3 is 5.97 Å². The van der Waals surface area contributed by atoms with Crippen LogP contribution >= 0.6 is 23.2 Å². The Balaban J connectivity index is 1.82. The lowest BCUT2D eigenvalue weighted by Crippen LogP contribution is -2.30. The van der Waals surface area contributed by atoms with Crippen molar-refractivity contribution in [3.63, 3.8) is 0 Å². The molecule has 2 aromatic carbocycles. The molecule has 0 aliphatic carbocycles. The monoisotopic (exact) mass is 367 g/mol. The third-order valence-corrected chi connectivity index (χ3v) is 3.85. The third kappa shape index (κ3) is 5.15. The van der Waals surface area contributed by atoms with Crippen molar-refractivity contribution < 1.29 is 19.1 Å². The first-order valence-electron chi connectivity index (χ1n) is 7.01. The first kappa shape index (κ1) is 18.1. The van der Waals surface area contributed by atoms with Crippen LogP contribution in [0.25, 0.3) is 0 Å². The average Bonchev–Trinajstić information content (AvgIpc) is 2.60. The van der Waals surface area contributed by atoms with E-state index in [4.69, 9.17) is 32.7 Å². The quantitative estimate of drug-likeness (QED) is 0.793. The van der Waals surface area contributed by atoms with Crippen molar-refractivity contribution in [1.82, 2.24) is 5.32 Å². The lowest BCUT2D eigenvalue weighted by Gasteiger charge is -2.08. The zero-order valence-corrected chi connectivity index (χ0v) is 14.4. The molecule has 0 heterocycles. The fourth-order valence-corrected chi connectivity index (χ4v) is 2.18. The SMILES string of the molecule is COc1cccc(C(=O)NCC(=O)OCc2ccc(Cl)c(Cl)c2)c1. The van der Waals surface area contributed by atoms with Crippen LogP contribution in [0.15, 0.2) is 42.5 Å². The number of carbonyl (C=O) groups is 2. The number of rotatable bonds is 6. The maximum atomic E-state index is 12.0. The summed E-state index contributed by atoms with van der Waals surface area (Å²) in [7, 11) is 1.51. The zero-order chi connectivity index (χ0) is 17.5. The van der Waals surface area contributed by atoms with Crippen LogP contribution < -0.4 is 10.1 Å². The number of methoxy groups -OCH3 is 1. The van der Waals surface area contributed by atoms with Gasteiger partial charge in [0.15, 0.2) is 0 Å². The number of esters is 1. The van der Waals surface area contributed by atoms with Crippen LogP contribution in [0.2, 0.25) is 10.0 Å². The summed E-state index contributed by atoms with van der Waals surface area (Å²) >= 11 is 11.7. The number of nitrogens with one attached hydrogen (secondary N) is 1. The van der Waals surface area contributed by atoms with Crippen molar-refractivity contribution >= 4 is 35.1 Å². The van der Waals surface area contributed by atoms with Crippen LogP contribution in [0.4, 0.5) is 0 Å². The van der Waals surface area contributed by atoms with Crippen LogP contribution in [-0.4, -0.2) is 25.5 Å². The van der Waals surface area contributed by atoms with Gasteiger partial charge in [-0.1, -0.05) is 35.3 Å².